The van der Waals surface area contributed by atoms with Crippen molar-refractivity contribution in [1.29, 1.82) is 0 Å². The topological polar surface area (TPSA) is 42.0 Å². The minimum atomic E-state index is -0.291. The number of epoxide rings is 1. The van der Waals surface area contributed by atoms with Gasteiger partial charge in [0.25, 0.3) is 0 Å². The molecular formula is C21H42O3. The smallest absolute Gasteiger partial charge is 0.104 e. The third-order valence-corrected chi connectivity index (χ3v) is 4.91. The van der Waals surface area contributed by atoms with Crippen molar-refractivity contribution in [3.63, 3.8) is 0 Å². The standard InChI is InChI=1S/C21H42O3/c1-2-3-4-5-6-7-8-9-10-11-12-13-14-15-16-20(22)17-23-18-21-19-24-21/h20-22H,2-19H2,1H3. The highest BCUT2D eigenvalue weighted by Gasteiger charge is 2.22. The lowest BCUT2D eigenvalue weighted by Gasteiger charge is -2.10. The number of aliphatic hydroxyl groups excluding tert-OH is 1. The largest absolute Gasteiger partial charge is 0.391 e. The van der Waals surface area contributed by atoms with Crippen LogP contribution in [0.3, 0.4) is 0 Å². The van der Waals surface area contributed by atoms with Gasteiger partial charge in [-0.2, -0.15) is 0 Å². The van der Waals surface area contributed by atoms with Gasteiger partial charge in [0.2, 0.25) is 0 Å². The summed E-state index contributed by atoms with van der Waals surface area (Å²) in [6, 6.07) is 0. The van der Waals surface area contributed by atoms with Crippen LogP contribution in [-0.2, 0) is 9.47 Å². The third-order valence-electron chi connectivity index (χ3n) is 4.91. The Balaban J connectivity index is 1.66. The molecule has 1 aliphatic heterocycles. The number of rotatable bonds is 19. The molecular weight excluding hydrogens is 300 g/mol. The monoisotopic (exact) mass is 342 g/mol. The zero-order valence-electron chi connectivity index (χ0n) is 16.1. The Morgan fingerprint density at radius 3 is 1.75 bits per heavy atom. The van der Waals surface area contributed by atoms with Gasteiger partial charge in [-0.15, -0.1) is 0 Å². The molecule has 0 amide bonds. The van der Waals surface area contributed by atoms with E-state index in [9.17, 15) is 5.11 Å². The molecule has 144 valence electrons. The second-order valence-electron chi connectivity index (χ2n) is 7.53. The molecule has 0 bridgehead atoms. The minimum Gasteiger partial charge on any atom is -0.391 e. The fourth-order valence-corrected chi connectivity index (χ4v) is 3.16. The van der Waals surface area contributed by atoms with Crippen molar-refractivity contribution in [1.82, 2.24) is 0 Å². The van der Waals surface area contributed by atoms with Crippen LogP contribution in [0.2, 0.25) is 0 Å². The highest BCUT2D eigenvalue weighted by atomic mass is 16.6. The molecule has 1 heterocycles. The van der Waals surface area contributed by atoms with E-state index in [2.05, 4.69) is 6.92 Å². The molecule has 1 fully saturated rings. The van der Waals surface area contributed by atoms with Gasteiger partial charge in [0.15, 0.2) is 0 Å². The van der Waals surface area contributed by atoms with E-state index in [4.69, 9.17) is 9.47 Å². The van der Waals surface area contributed by atoms with Crippen molar-refractivity contribution in [2.24, 2.45) is 0 Å². The van der Waals surface area contributed by atoms with Crippen LogP contribution in [0, 0.1) is 0 Å². The second kappa shape index (κ2) is 16.4. The van der Waals surface area contributed by atoms with Gasteiger partial charge >= 0.3 is 0 Å². The van der Waals surface area contributed by atoms with Gasteiger partial charge in [-0.25, -0.2) is 0 Å². The quantitative estimate of drug-likeness (QED) is 0.244. The van der Waals surface area contributed by atoms with Gasteiger partial charge in [0.1, 0.15) is 6.10 Å². The van der Waals surface area contributed by atoms with Gasteiger partial charge in [0, 0.05) is 0 Å². The van der Waals surface area contributed by atoms with Crippen LogP contribution in [0.5, 0.6) is 0 Å². The van der Waals surface area contributed by atoms with E-state index in [-0.39, 0.29) is 6.10 Å². The van der Waals surface area contributed by atoms with Gasteiger partial charge in [-0.05, 0) is 6.42 Å². The first-order valence-corrected chi connectivity index (χ1v) is 10.7. The Labute approximate surface area is 150 Å². The maximum Gasteiger partial charge on any atom is 0.104 e. The summed E-state index contributed by atoms with van der Waals surface area (Å²) in [5.74, 6) is 0. The number of ether oxygens (including phenoxy) is 2. The Morgan fingerprint density at radius 1 is 0.833 bits per heavy atom. The van der Waals surface area contributed by atoms with Crippen LogP contribution in [0.1, 0.15) is 103 Å². The fourth-order valence-electron chi connectivity index (χ4n) is 3.16. The summed E-state index contributed by atoms with van der Waals surface area (Å²) in [7, 11) is 0. The van der Waals surface area contributed by atoms with E-state index < -0.39 is 0 Å². The average Bonchev–Trinajstić information content (AvgIpc) is 3.39. The number of aliphatic hydroxyl groups is 1. The first-order valence-electron chi connectivity index (χ1n) is 10.7. The predicted molar refractivity (Wildman–Crippen MR) is 101 cm³/mol. The highest BCUT2D eigenvalue weighted by molar-refractivity contribution is 4.67. The first-order chi connectivity index (χ1) is 11.8. The van der Waals surface area contributed by atoms with Crippen LogP contribution in [0.25, 0.3) is 0 Å². The highest BCUT2D eigenvalue weighted by Crippen LogP contribution is 2.14. The third kappa shape index (κ3) is 15.4. The fraction of sp³-hybridized carbons (Fsp3) is 1.00. The van der Waals surface area contributed by atoms with Crippen molar-refractivity contribution in [3.05, 3.63) is 0 Å². The predicted octanol–water partition coefficient (Wildman–Crippen LogP) is 5.63. The lowest BCUT2D eigenvalue weighted by molar-refractivity contribution is 0.0253. The minimum absolute atomic E-state index is 0.291. The summed E-state index contributed by atoms with van der Waals surface area (Å²) >= 11 is 0. The molecule has 0 radical (unpaired) electrons. The molecule has 0 saturated carbocycles. The molecule has 1 N–H and O–H groups in total. The zero-order chi connectivity index (χ0) is 17.3. The Bertz CT molecular complexity index is 253. The molecule has 0 aliphatic carbocycles. The van der Waals surface area contributed by atoms with Crippen LogP contribution >= 0.6 is 0 Å². The first kappa shape index (κ1) is 21.9. The molecule has 3 heteroatoms. The van der Waals surface area contributed by atoms with E-state index in [1.54, 1.807) is 0 Å². The van der Waals surface area contributed by atoms with Gasteiger partial charge in [-0.3, -0.25) is 0 Å². The molecule has 0 aromatic carbocycles. The van der Waals surface area contributed by atoms with E-state index in [1.165, 1.54) is 83.5 Å². The van der Waals surface area contributed by atoms with Gasteiger partial charge in [0.05, 0.1) is 25.9 Å². The maximum atomic E-state index is 9.81. The maximum absolute atomic E-state index is 9.81. The van der Waals surface area contributed by atoms with Crippen LogP contribution in [-0.4, -0.2) is 37.1 Å². The number of unbranched alkanes of at least 4 members (excludes halogenated alkanes) is 13. The zero-order valence-corrected chi connectivity index (χ0v) is 16.1. The summed E-state index contributed by atoms with van der Waals surface area (Å²) < 4.78 is 10.5. The van der Waals surface area contributed by atoms with Crippen LogP contribution in [0.4, 0.5) is 0 Å². The lowest BCUT2D eigenvalue weighted by atomic mass is 10.0. The summed E-state index contributed by atoms with van der Waals surface area (Å²) in [6.45, 7) is 4.23. The van der Waals surface area contributed by atoms with Crippen LogP contribution in [0.15, 0.2) is 0 Å². The molecule has 1 aliphatic rings. The lowest BCUT2D eigenvalue weighted by Crippen LogP contribution is -2.17. The van der Waals surface area contributed by atoms with Crippen molar-refractivity contribution in [2.75, 3.05) is 19.8 Å². The summed E-state index contributed by atoms with van der Waals surface area (Å²) in [6.07, 6.45) is 20.1. The molecule has 24 heavy (non-hydrogen) atoms. The molecule has 0 spiro atoms. The molecule has 0 aromatic rings. The normalized spacial score (nSPS) is 18.0. The molecule has 1 rings (SSSR count). The number of hydrogen-bond donors (Lipinski definition) is 1. The second-order valence-corrected chi connectivity index (χ2v) is 7.53. The molecule has 2 atom stereocenters. The molecule has 3 nitrogen and oxygen atoms in total. The molecule has 0 aromatic heterocycles. The SMILES string of the molecule is CCCCCCCCCCCCCCCCC(O)COCC1CO1. The van der Waals surface area contributed by atoms with Crippen molar-refractivity contribution in [3.8, 4) is 0 Å². The average molecular weight is 343 g/mol. The molecule has 2 unspecified atom stereocenters. The van der Waals surface area contributed by atoms with Crippen LogP contribution < -0.4 is 0 Å². The van der Waals surface area contributed by atoms with Gasteiger partial charge in [-0.1, -0.05) is 96.8 Å². The van der Waals surface area contributed by atoms with E-state index >= 15 is 0 Å². The number of hydrogen-bond acceptors (Lipinski definition) is 3. The summed E-state index contributed by atoms with van der Waals surface area (Å²) in [5.41, 5.74) is 0. The molecule has 1 saturated heterocycles. The van der Waals surface area contributed by atoms with Crippen molar-refractivity contribution >= 4 is 0 Å². The van der Waals surface area contributed by atoms with E-state index in [1.807, 2.05) is 0 Å². The van der Waals surface area contributed by atoms with Crippen molar-refractivity contribution in [2.45, 2.75) is 115 Å². The summed E-state index contributed by atoms with van der Waals surface area (Å²) in [5, 5.41) is 9.81. The Morgan fingerprint density at radius 2 is 1.29 bits per heavy atom. The Hall–Kier alpha value is -0.120. The summed E-state index contributed by atoms with van der Waals surface area (Å²) in [4.78, 5) is 0. The van der Waals surface area contributed by atoms with Crippen molar-refractivity contribution < 1.29 is 14.6 Å². The van der Waals surface area contributed by atoms with Gasteiger partial charge < -0.3 is 14.6 Å². The van der Waals surface area contributed by atoms with E-state index in [0.717, 1.165) is 19.4 Å². The Kier molecular flexibility index (Phi) is 14.9. The van der Waals surface area contributed by atoms with E-state index in [0.29, 0.717) is 19.3 Å².